The largest absolute Gasteiger partial charge is 0.493 e. The zero-order valence-corrected chi connectivity index (χ0v) is 13.4. The molecule has 0 unspecified atom stereocenters. The number of aromatic nitrogens is 3. The van der Waals surface area contributed by atoms with Gasteiger partial charge in [0, 0.05) is 10.2 Å². The van der Waals surface area contributed by atoms with E-state index in [2.05, 4.69) is 10.1 Å². The predicted molar refractivity (Wildman–Crippen MR) is 85.0 cm³/mol. The first-order chi connectivity index (χ1) is 12.8. The number of rotatable bonds is 1. The summed E-state index contributed by atoms with van der Waals surface area (Å²) in [4.78, 5) is 3.76. The molecule has 0 atom stereocenters. The maximum atomic E-state index is 12.9. The Labute approximate surface area is 153 Å². The van der Waals surface area contributed by atoms with Crippen molar-refractivity contribution in [3.8, 4) is 17.6 Å². The van der Waals surface area contributed by atoms with Crippen molar-refractivity contribution in [2.24, 2.45) is 0 Å². The lowest BCUT2D eigenvalue weighted by Crippen LogP contribution is -2.07. The van der Waals surface area contributed by atoms with E-state index in [1.165, 1.54) is 0 Å². The number of hydrogen-bond acceptors (Lipinski definition) is 4. The summed E-state index contributed by atoms with van der Waals surface area (Å²) in [5.41, 5.74) is -2.44. The molecule has 3 aromatic rings. The summed E-state index contributed by atoms with van der Waals surface area (Å²) < 4.78 is 62.4. The van der Waals surface area contributed by atoms with Gasteiger partial charge >= 0.3 is 6.18 Å². The number of alkyl halides is 3. The van der Waals surface area contributed by atoms with E-state index in [9.17, 15) is 23.5 Å². The molecule has 5 nitrogen and oxygen atoms in total. The molecule has 25 heavy (non-hydrogen) atoms. The minimum Gasteiger partial charge on any atom is -0.493 e. The van der Waals surface area contributed by atoms with Crippen LogP contribution in [0, 0.1) is 18.2 Å². The fourth-order valence-electron chi connectivity index (χ4n) is 2.27. The van der Waals surface area contributed by atoms with E-state index in [0.29, 0.717) is 12.1 Å². The first-order valence-corrected chi connectivity index (χ1v) is 7.20. The fourth-order valence-corrected chi connectivity index (χ4v) is 2.92. The second-order valence-corrected chi connectivity index (χ2v) is 5.70. The Hall–Kier alpha value is -2.50. The molecule has 0 bridgehead atoms. The molecule has 3 rings (SSSR count). The molecule has 128 valence electrons. The van der Waals surface area contributed by atoms with Gasteiger partial charge in [-0.25, -0.2) is 4.68 Å². The molecule has 10 heteroatoms. The Balaban J connectivity index is 2.41. The number of nitriles is 1. The average Bonchev–Trinajstić information content (AvgIpc) is 2.90. The van der Waals surface area contributed by atoms with Crippen molar-refractivity contribution in [1.29, 1.82) is 5.26 Å². The normalized spacial score (nSPS) is 14.0. The molecule has 0 aliphatic heterocycles. The summed E-state index contributed by atoms with van der Waals surface area (Å²) in [6, 6.07) is 3.77. The molecule has 0 radical (unpaired) electrons. The SMILES string of the molecule is [2H]C([2H])([2H])c1cc(O)nc2c1c(C#N)nn2-c1c(Cl)cc(C(F)(F)F)cc1Cl. The average molecular weight is 390 g/mol. The van der Waals surface area contributed by atoms with Gasteiger partial charge in [-0.15, -0.1) is 0 Å². The van der Waals surface area contributed by atoms with Gasteiger partial charge in [-0.05, 0) is 24.5 Å². The second-order valence-electron chi connectivity index (χ2n) is 4.89. The van der Waals surface area contributed by atoms with E-state index in [1.807, 2.05) is 0 Å². The van der Waals surface area contributed by atoms with Crippen LogP contribution >= 0.6 is 23.2 Å². The van der Waals surface area contributed by atoms with Gasteiger partial charge in [-0.2, -0.15) is 28.5 Å². The number of aromatic hydroxyl groups is 1. The van der Waals surface area contributed by atoms with Crippen molar-refractivity contribution in [3.05, 3.63) is 45.1 Å². The van der Waals surface area contributed by atoms with Crippen LogP contribution in [0.5, 0.6) is 5.88 Å². The number of pyridine rings is 1. The van der Waals surface area contributed by atoms with Crippen LogP contribution in [0.15, 0.2) is 18.2 Å². The van der Waals surface area contributed by atoms with Crippen molar-refractivity contribution in [3.63, 3.8) is 0 Å². The van der Waals surface area contributed by atoms with Gasteiger partial charge in [0.05, 0.1) is 21.0 Å². The third kappa shape index (κ3) is 2.86. The monoisotopic (exact) mass is 389 g/mol. The lowest BCUT2D eigenvalue weighted by atomic mass is 10.1. The highest BCUT2D eigenvalue weighted by Gasteiger charge is 2.32. The van der Waals surface area contributed by atoms with Crippen LogP contribution in [-0.4, -0.2) is 19.9 Å². The van der Waals surface area contributed by atoms with Gasteiger partial charge in [-0.3, -0.25) is 0 Å². The summed E-state index contributed by atoms with van der Waals surface area (Å²) in [5, 5.41) is 21.9. The van der Waals surface area contributed by atoms with Crippen molar-refractivity contribution in [2.45, 2.75) is 13.0 Å². The van der Waals surface area contributed by atoms with E-state index >= 15 is 0 Å². The zero-order chi connectivity index (χ0) is 21.0. The lowest BCUT2D eigenvalue weighted by Gasteiger charge is -2.12. The van der Waals surface area contributed by atoms with Crippen LogP contribution in [-0.2, 0) is 6.18 Å². The molecule has 0 aliphatic rings. The molecule has 0 spiro atoms. The highest BCUT2D eigenvalue weighted by atomic mass is 35.5. The van der Waals surface area contributed by atoms with Crippen LogP contribution in [0.1, 0.15) is 20.9 Å². The summed E-state index contributed by atoms with van der Waals surface area (Å²) in [7, 11) is 0. The highest BCUT2D eigenvalue weighted by Crippen LogP contribution is 2.38. The maximum absolute atomic E-state index is 12.9. The van der Waals surface area contributed by atoms with Crippen LogP contribution < -0.4 is 0 Å². The maximum Gasteiger partial charge on any atom is 0.416 e. The van der Waals surface area contributed by atoms with E-state index in [-0.39, 0.29) is 22.4 Å². The third-order valence-corrected chi connectivity index (χ3v) is 3.86. The number of hydrogen-bond donors (Lipinski definition) is 1. The molecule has 0 aliphatic carbocycles. The molecule has 2 aromatic heterocycles. The van der Waals surface area contributed by atoms with Crippen LogP contribution in [0.25, 0.3) is 16.7 Å². The Morgan fingerprint density at radius 3 is 2.44 bits per heavy atom. The minimum absolute atomic E-state index is 0.202. The molecule has 0 saturated carbocycles. The third-order valence-electron chi connectivity index (χ3n) is 3.29. The standard InChI is InChI=1S/C15H7Cl2F3N4O/c1-6-2-11(25)22-14-12(6)10(5-21)23-24(14)13-8(16)3-7(4-9(13)17)15(18,19)20/h2-4H,1H3,(H,22,25)/i1D3. The van der Waals surface area contributed by atoms with E-state index in [4.69, 9.17) is 27.3 Å². The molecular weight excluding hydrogens is 380 g/mol. The first kappa shape index (κ1) is 13.8. The number of nitrogens with zero attached hydrogens (tertiary/aromatic N) is 4. The Morgan fingerprint density at radius 2 is 1.92 bits per heavy atom. The quantitative estimate of drug-likeness (QED) is 0.658. The number of halogens is 5. The second kappa shape index (κ2) is 5.79. The fraction of sp³-hybridized carbons (Fsp3) is 0.133. The van der Waals surface area contributed by atoms with Crippen LogP contribution in [0.2, 0.25) is 10.0 Å². The van der Waals surface area contributed by atoms with Crippen LogP contribution in [0.4, 0.5) is 13.2 Å². The van der Waals surface area contributed by atoms with Crippen molar-refractivity contribution >= 4 is 34.2 Å². The van der Waals surface area contributed by atoms with E-state index < -0.39 is 40.1 Å². The van der Waals surface area contributed by atoms with Crippen molar-refractivity contribution in [1.82, 2.24) is 14.8 Å². The zero-order valence-electron chi connectivity index (χ0n) is 14.9. The van der Waals surface area contributed by atoms with Crippen molar-refractivity contribution < 1.29 is 22.4 Å². The molecule has 0 amide bonds. The van der Waals surface area contributed by atoms with Gasteiger partial charge < -0.3 is 5.11 Å². The Kier molecular flexibility index (Phi) is 3.19. The summed E-state index contributed by atoms with van der Waals surface area (Å²) in [5.74, 6) is -0.691. The topological polar surface area (TPSA) is 74.7 Å². The van der Waals surface area contributed by atoms with Gasteiger partial charge in [0.2, 0.25) is 5.88 Å². The lowest BCUT2D eigenvalue weighted by molar-refractivity contribution is -0.137. The number of aryl methyl sites for hydroxylation is 1. The summed E-state index contributed by atoms with van der Waals surface area (Å²) >= 11 is 11.9. The molecule has 1 N–H and O–H groups in total. The molecule has 2 heterocycles. The van der Waals surface area contributed by atoms with Gasteiger partial charge in [0.15, 0.2) is 11.3 Å². The van der Waals surface area contributed by atoms with Crippen LogP contribution in [0.3, 0.4) is 0 Å². The van der Waals surface area contributed by atoms with Gasteiger partial charge in [-0.1, -0.05) is 23.2 Å². The molecule has 0 fully saturated rings. The van der Waals surface area contributed by atoms with Gasteiger partial charge in [0.25, 0.3) is 0 Å². The molecule has 0 saturated heterocycles. The highest BCUT2D eigenvalue weighted by molar-refractivity contribution is 6.38. The summed E-state index contributed by atoms with van der Waals surface area (Å²) in [6.07, 6.45) is -4.71. The number of fused-ring (bicyclic) bond motifs is 1. The van der Waals surface area contributed by atoms with E-state index in [0.717, 1.165) is 10.7 Å². The minimum atomic E-state index is -4.71. The van der Waals surface area contributed by atoms with E-state index in [1.54, 1.807) is 6.07 Å². The van der Waals surface area contributed by atoms with Gasteiger partial charge in [0.1, 0.15) is 11.8 Å². The summed E-state index contributed by atoms with van der Waals surface area (Å²) in [6.45, 7) is -2.73. The predicted octanol–water partition coefficient (Wildman–Crippen LogP) is 4.63. The number of benzene rings is 1. The first-order valence-electron chi connectivity index (χ1n) is 7.94. The molecular formula is C15H7Cl2F3N4O. The van der Waals surface area contributed by atoms with Crippen molar-refractivity contribution in [2.75, 3.05) is 0 Å². The Bertz CT molecular complexity index is 1130. The smallest absolute Gasteiger partial charge is 0.416 e. The molecule has 1 aromatic carbocycles. The Morgan fingerprint density at radius 1 is 1.28 bits per heavy atom.